The van der Waals surface area contributed by atoms with Gasteiger partial charge in [-0.05, 0) is 38.6 Å². The molecular weight excluding hydrogens is 568 g/mol. The molecule has 2 unspecified atom stereocenters. The van der Waals surface area contributed by atoms with E-state index in [0.717, 1.165) is 50.6 Å². The number of piperazine rings is 1. The molecule has 222 valence electrons. The van der Waals surface area contributed by atoms with Crippen LogP contribution in [0.2, 0.25) is 10.0 Å². The molecule has 3 heterocycles. The molecule has 12 heteroatoms. The van der Waals surface area contributed by atoms with Crippen molar-refractivity contribution in [1.29, 1.82) is 0 Å². The van der Waals surface area contributed by atoms with Crippen LogP contribution in [0.15, 0.2) is 36.7 Å². The van der Waals surface area contributed by atoms with E-state index in [1.54, 1.807) is 25.4 Å². The lowest BCUT2D eigenvalue weighted by Crippen LogP contribution is -2.50. The fraction of sp³-hybridized carbons (Fsp3) is 0.448. The summed E-state index contributed by atoms with van der Waals surface area (Å²) >= 11 is 12.5. The molecule has 4 rings (SSSR count). The Morgan fingerprint density at radius 1 is 1.20 bits per heavy atom. The monoisotopic (exact) mass is 605 g/mol. The molecule has 0 bridgehead atoms. The Morgan fingerprint density at radius 2 is 2.00 bits per heavy atom. The van der Waals surface area contributed by atoms with Crippen molar-refractivity contribution >= 4 is 34.8 Å². The minimum atomic E-state index is -0.696. The van der Waals surface area contributed by atoms with Crippen LogP contribution in [0.4, 0.5) is 16.0 Å². The highest BCUT2D eigenvalue weighted by Gasteiger charge is 2.23. The van der Waals surface area contributed by atoms with Crippen molar-refractivity contribution in [2.75, 3.05) is 63.1 Å². The fourth-order valence-corrected chi connectivity index (χ4v) is 5.54. The molecule has 41 heavy (non-hydrogen) atoms. The van der Waals surface area contributed by atoms with Crippen molar-refractivity contribution in [2.45, 2.75) is 32.9 Å². The summed E-state index contributed by atoms with van der Waals surface area (Å²) in [5.74, 6) is 1.41. The van der Waals surface area contributed by atoms with E-state index >= 15 is 0 Å². The standard InChI is InChI=1S/C29H38Cl2FN7O2/c1-4-38(9-7-33)11-12-40-24-14-26(39-10-8-35-15-18(39)2)36-17-21(24)20-13-25(29(34)37-16-20)41-19(3)27-22(30)5-6-23(32)28(27)31/h5-6,13-14,16-19,35H,4,7-12,15,33H2,1-3H3,(H2,34,37). The van der Waals surface area contributed by atoms with E-state index in [0.29, 0.717) is 40.8 Å². The second-order valence-electron chi connectivity index (χ2n) is 9.98. The first kappa shape index (κ1) is 31.1. The first-order chi connectivity index (χ1) is 19.7. The molecule has 1 aliphatic heterocycles. The minimum Gasteiger partial charge on any atom is -0.491 e. The van der Waals surface area contributed by atoms with Gasteiger partial charge < -0.3 is 31.2 Å². The molecule has 0 amide bonds. The van der Waals surface area contributed by atoms with Crippen LogP contribution in [-0.4, -0.2) is 73.3 Å². The van der Waals surface area contributed by atoms with Gasteiger partial charge in [-0.2, -0.15) is 0 Å². The number of anilines is 2. The van der Waals surface area contributed by atoms with Gasteiger partial charge in [-0.25, -0.2) is 14.4 Å². The number of hydrogen-bond donors (Lipinski definition) is 3. The van der Waals surface area contributed by atoms with E-state index < -0.39 is 11.9 Å². The normalized spacial score (nSPS) is 16.2. The third-order valence-electron chi connectivity index (χ3n) is 7.19. The van der Waals surface area contributed by atoms with Crippen molar-refractivity contribution in [3.63, 3.8) is 0 Å². The van der Waals surface area contributed by atoms with Crippen LogP contribution < -0.4 is 31.2 Å². The van der Waals surface area contributed by atoms with E-state index in [1.807, 2.05) is 6.07 Å². The Kier molecular flexibility index (Phi) is 10.9. The summed E-state index contributed by atoms with van der Waals surface area (Å²) in [4.78, 5) is 13.7. The van der Waals surface area contributed by atoms with Crippen molar-refractivity contribution in [2.24, 2.45) is 5.73 Å². The highest BCUT2D eigenvalue weighted by atomic mass is 35.5. The second kappa shape index (κ2) is 14.3. The first-order valence-corrected chi connectivity index (χ1v) is 14.6. The summed E-state index contributed by atoms with van der Waals surface area (Å²) in [6, 6.07) is 6.69. The summed E-state index contributed by atoms with van der Waals surface area (Å²) in [5.41, 5.74) is 13.7. The van der Waals surface area contributed by atoms with Gasteiger partial charge >= 0.3 is 0 Å². The molecule has 1 saturated heterocycles. The van der Waals surface area contributed by atoms with Crippen LogP contribution >= 0.6 is 23.2 Å². The molecule has 0 aliphatic carbocycles. The van der Waals surface area contributed by atoms with E-state index in [1.165, 1.54) is 12.1 Å². The Labute approximate surface area is 250 Å². The van der Waals surface area contributed by atoms with Crippen LogP contribution in [0.25, 0.3) is 11.1 Å². The van der Waals surface area contributed by atoms with Crippen molar-refractivity contribution < 1.29 is 13.9 Å². The maximum absolute atomic E-state index is 14.2. The lowest BCUT2D eigenvalue weighted by molar-refractivity contribution is 0.220. The zero-order valence-corrected chi connectivity index (χ0v) is 25.2. The molecular formula is C29H38Cl2FN7O2. The summed E-state index contributed by atoms with van der Waals surface area (Å²) in [6.07, 6.45) is 2.74. The molecule has 2 aromatic heterocycles. The van der Waals surface area contributed by atoms with Gasteiger partial charge in [0.05, 0.1) is 5.02 Å². The number of nitrogen functional groups attached to an aromatic ring is 1. The maximum Gasteiger partial charge on any atom is 0.166 e. The van der Waals surface area contributed by atoms with Gasteiger partial charge in [0.2, 0.25) is 0 Å². The average Bonchev–Trinajstić information content (AvgIpc) is 2.96. The number of hydrogen-bond acceptors (Lipinski definition) is 9. The third-order valence-corrected chi connectivity index (χ3v) is 7.90. The topological polar surface area (TPSA) is 115 Å². The van der Waals surface area contributed by atoms with Crippen LogP contribution in [0, 0.1) is 5.82 Å². The van der Waals surface area contributed by atoms with Gasteiger partial charge in [0, 0.05) is 85.5 Å². The number of nitrogens with one attached hydrogen (secondary N) is 1. The van der Waals surface area contributed by atoms with Crippen LogP contribution in [0.5, 0.6) is 11.5 Å². The molecule has 3 aromatic rings. The molecule has 2 atom stereocenters. The zero-order valence-electron chi connectivity index (χ0n) is 23.7. The predicted octanol–water partition coefficient (Wildman–Crippen LogP) is 4.77. The Hall–Kier alpha value is -2.89. The summed E-state index contributed by atoms with van der Waals surface area (Å²) in [5, 5.41) is 3.61. The average molecular weight is 607 g/mol. The third kappa shape index (κ3) is 7.50. The molecule has 0 saturated carbocycles. The molecule has 1 fully saturated rings. The lowest BCUT2D eigenvalue weighted by atomic mass is 10.1. The number of ether oxygens (including phenoxy) is 2. The van der Waals surface area contributed by atoms with Crippen molar-refractivity contribution in [3.05, 3.63) is 58.1 Å². The lowest BCUT2D eigenvalue weighted by Gasteiger charge is -2.35. The fourth-order valence-electron chi connectivity index (χ4n) is 4.86. The summed E-state index contributed by atoms with van der Waals surface area (Å²) < 4.78 is 26.6. The molecule has 1 aliphatic rings. The van der Waals surface area contributed by atoms with Gasteiger partial charge in [-0.3, -0.25) is 4.90 Å². The van der Waals surface area contributed by atoms with Gasteiger partial charge in [0.1, 0.15) is 30.1 Å². The number of rotatable bonds is 12. The number of likely N-dealkylation sites (N-methyl/N-ethyl adjacent to an activating group) is 1. The number of benzene rings is 1. The van der Waals surface area contributed by atoms with Crippen molar-refractivity contribution in [1.82, 2.24) is 20.2 Å². The molecule has 5 N–H and O–H groups in total. The molecule has 0 spiro atoms. The van der Waals surface area contributed by atoms with Crippen molar-refractivity contribution in [3.8, 4) is 22.6 Å². The SMILES string of the molecule is CCN(CCN)CCOc1cc(N2CCNCC2C)ncc1-c1cnc(N)c(OC(C)c2c(Cl)ccc(F)c2Cl)c1. The predicted molar refractivity (Wildman–Crippen MR) is 164 cm³/mol. The Morgan fingerprint density at radius 3 is 2.73 bits per heavy atom. The number of aromatic nitrogens is 2. The van der Waals surface area contributed by atoms with E-state index in [2.05, 4.69) is 33.9 Å². The molecule has 9 nitrogen and oxygen atoms in total. The number of pyridine rings is 2. The maximum atomic E-state index is 14.2. The quantitative estimate of drug-likeness (QED) is 0.251. The van der Waals surface area contributed by atoms with Crippen LogP contribution in [0.3, 0.4) is 0 Å². The number of halogens is 3. The summed E-state index contributed by atoms with van der Waals surface area (Å²) in [6.45, 7) is 12.1. The van der Waals surface area contributed by atoms with Crippen LogP contribution in [0.1, 0.15) is 32.4 Å². The van der Waals surface area contributed by atoms with Gasteiger partial charge in [0.15, 0.2) is 11.6 Å². The smallest absolute Gasteiger partial charge is 0.166 e. The van der Waals surface area contributed by atoms with E-state index in [-0.39, 0.29) is 16.9 Å². The van der Waals surface area contributed by atoms with E-state index in [4.69, 9.17) is 49.1 Å². The molecule has 1 aromatic carbocycles. The second-order valence-corrected chi connectivity index (χ2v) is 10.8. The van der Waals surface area contributed by atoms with Gasteiger partial charge in [0.25, 0.3) is 0 Å². The first-order valence-electron chi connectivity index (χ1n) is 13.8. The Balaban J connectivity index is 1.65. The Bertz CT molecular complexity index is 1330. The van der Waals surface area contributed by atoms with Crippen LogP contribution in [-0.2, 0) is 0 Å². The number of nitrogens with zero attached hydrogens (tertiary/aromatic N) is 4. The van der Waals surface area contributed by atoms with E-state index in [9.17, 15) is 4.39 Å². The number of nitrogens with two attached hydrogens (primary N) is 2. The zero-order chi connectivity index (χ0) is 29.5. The van der Waals surface area contributed by atoms with Gasteiger partial charge in [-0.15, -0.1) is 0 Å². The largest absolute Gasteiger partial charge is 0.491 e. The van der Waals surface area contributed by atoms with Gasteiger partial charge in [-0.1, -0.05) is 30.1 Å². The minimum absolute atomic E-state index is 0.0962. The highest BCUT2D eigenvalue weighted by Crippen LogP contribution is 2.39. The summed E-state index contributed by atoms with van der Waals surface area (Å²) in [7, 11) is 0. The highest BCUT2D eigenvalue weighted by molar-refractivity contribution is 6.36. The molecule has 0 radical (unpaired) electrons.